The first-order chi connectivity index (χ1) is 12.5. The number of carbonyl (C=O) groups excluding carboxylic acids is 1. The van der Waals surface area contributed by atoms with Crippen LogP contribution in [0, 0.1) is 0 Å². The summed E-state index contributed by atoms with van der Waals surface area (Å²) in [5, 5.41) is 0.422. The molecular formula is C17H20N2O5S2. The van der Waals surface area contributed by atoms with Gasteiger partial charge in [0, 0.05) is 23.6 Å². The van der Waals surface area contributed by atoms with E-state index in [1.165, 1.54) is 11.8 Å². The fourth-order valence-corrected chi connectivity index (χ4v) is 7.48. The van der Waals surface area contributed by atoms with Gasteiger partial charge in [-0.15, -0.1) is 0 Å². The van der Waals surface area contributed by atoms with Crippen LogP contribution >= 0.6 is 11.8 Å². The molecule has 3 heterocycles. The van der Waals surface area contributed by atoms with Crippen LogP contribution in [0.2, 0.25) is 0 Å². The molecule has 1 amide bonds. The predicted octanol–water partition coefficient (Wildman–Crippen LogP) is 1.48. The van der Waals surface area contributed by atoms with E-state index in [9.17, 15) is 13.2 Å². The molecule has 1 aromatic rings. The highest BCUT2D eigenvalue weighted by atomic mass is 32.2. The molecule has 3 saturated heterocycles. The summed E-state index contributed by atoms with van der Waals surface area (Å²) in [6.07, 6.45) is 1.05. The van der Waals surface area contributed by atoms with Crippen LogP contribution in [0.5, 0.6) is 5.75 Å². The molecule has 0 bridgehead atoms. The standard InChI is InChI=1S/C17H20N2O5S2/c1-23-12-5-2-4-11(8-12)19-13-9-26(21,22)10-15(13)25-17(19)18-16(20)14-6-3-7-24-14/h2,4-5,8,13-15H,3,6-7,9-10H2,1H3/t13-,14+,15-/m1/s1. The van der Waals surface area contributed by atoms with Crippen LogP contribution in [0.15, 0.2) is 29.3 Å². The summed E-state index contributed by atoms with van der Waals surface area (Å²) >= 11 is 1.37. The number of hydrogen-bond acceptors (Lipinski definition) is 6. The lowest BCUT2D eigenvalue weighted by Gasteiger charge is -2.25. The smallest absolute Gasteiger partial charge is 0.277 e. The molecule has 140 valence electrons. The summed E-state index contributed by atoms with van der Waals surface area (Å²) in [6.45, 7) is 0.581. The van der Waals surface area contributed by atoms with E-state index in [4.69, 9.17) is 9.47 Å². The number of sulfone groups is 1. The van der Waals surface area contributed by atoms with Gasteiger partial charge < -0.3 is 14.4 Å². The molecule has 0 N–H and O–H groups in total. The Hall–Kier alpha value is -1.58. The van der Waals surface area contributed by atoms with E-state index < -0.39 is 15.9 Å². The fraction of sp³-hybridized carbons (Fsp3) is 0.529. The highest BCUT2D eigenvalue weighted by Crippen LogP contribution is 2.41. The van der Waals surface area contributed by atoms with Crippen molar-refractivity contribution < 1.29 is 22.7 Å². The molecule has 3 fully saturated rings. The number of methoxy groups -OCH3 is 1. The number of amidine groups is 1. The Balaban J connectivity index is 1.69. The van der Waals surface area contributed by atoms with Crippen molar-refractivity contribution in [1.29, 1.82) is 0 Å². The Morgan fingerprint density at radius 3 is 2.96 bits per heavy atom. The topological polar surface area (TPSA) is 85.3 Å². The summed E-state index contributed by atoms with van der Waals surface area (Å²) in [5.41, 5.74) is 0.778. The number of nitrogens with zero attached hydrogens (tertiary/aromatic N) is 2. The Morgan fingerprint density at radius 2 is 2.23 bits per heavy atom. The van der Waals surface area contributed by atoms with Crippen molar-refractivity contribution >= 4 is 38.4 Å². The Bertz CT molecular complexity index is 848. The van der Waals surface area contributed by atoms with Gasteiger partial charge in [0.2, 0.25) is 0 Å². The molecule has 3 atom stereocenters. The molecule has 0 aromatic heterocycles. The Kier molecular flexibility index (Phi) is 4.70. The lowest BCUT2D eigenvalue weighted by Crippen LogP contribution is -2.38. The number of aliphatic imine (C=N–C) groups is 1. The number of benzene rings is 1. The molecule has 9 heteroatoms. The normalized spacial score (nSPS) is 31.3. The minimum Gasteiger partial charge on any atom is -0.497 e. The highest BCUT2D eigenvalue weighted by Gasteiger charge is 2.49. The van der Waals surface area contributed by atoms with Gasteiger partial charge in [-0.05, 0) is 25.0 Å². The predicted molar refractivity (Wildman–Crippen MR) is 101 cm³/mol. The van der Waals surface area contributed by atoms with E-state index in [1.807, 2.05) is 29.2 Å². The van der Waals surface area contributed by atoms with Gasteiger partial charge >= 0.3 is 0 Å². The van der Waals surface area contributed by atoms with E-state index in [0.29, 0.717) is 23.9 Å². The van der Waals surface area contributed by atoms with Crippen LogP contribution in [-0.4, -0.2) is 62.1 Å². The Morgan fingerprint density at radius 1 is 1.38 bits per heavy atom. The van der Waals surface area contributed by atoms with E-state index in [-0.39, 0.29) is 28.7 Å². The molecule has 0 aliphatic carbocycles. The summed E-state index contributed by atoms with van der Waals surface area (Å²) in [6, 6.07) is 7.15. The van der Waals surface area contributed by atoms with E-state index >= 15 is 0 Å². The van der Waals surface area contributed by atoms with Gasteiger partial charge in [-0.2, -0.15) is 4.99 Å². The second-order valence-electron chi connectivity index (χ2n) is 6.61. The summed E-state index contributed by atoms with van der Waals surface area (Å²) in [7, 11) is -1.51. The number of rotatable bonds is 3. The zero-order valence-corrected chi connectivity index (χ0v) is 16.0. The van der Waals surface area contributed by atoms with Crippen molar-refractivity contribution in [2.75, 3.05) is 30.1 Å². The van der Waals surface area contributed by atoms with Gasteiger partial charge in [-0.3, -0.25) is 4.79 Å². The van der Waals surface area contributed by atoms with Gasteiger partial charge in [0.15, 0.2) is 15.0 Å². The van der Waals surface area contributed by atoms with Crippen LogP contribution in [0.25, 0.3) is 0 Å². The monoisotopic (exact) mass is 396 g/mol. The third kappa shape index (κ3) is 3.35. The lowest BCUT2D eigenvalue weighted by molar-refractivity contribution is -0.126. The molecule has 0 spiro atoms. The maximum atomic E-state index is 12.5. The lowest BCUT2D eigenvalue weighted by atomic mass is 10.2. The van der Waals surface area contributed by atoms with Gasteiger partial charge in [-0.1, -0.05) is 17.8 Å². The van der Waals surface area contributed by atoms with Crippen molar-refractivity contribution in [3.63, 3.8) is 0 Å². The third-order valence-corrected chi connectivity index (χ3v) is 8.02. The van der Waals surface area contributed by atoms with Gasteiger partial charge in [0.25, 0.3) is 5.91 Å². The van der Waals surface area contributed by atoms with Gasteiger partial charge in [-0.25, -0.2) is 8.42 Å². The molecule has 7 nitrogen and oxygen atoms in total. The van der Waals surface area contributed by atoms with Crippen molar-refractivity contribution in [3.05, 3.63) is 24.3 Å². The molecule has 3 aliphatic rings. The van der Waals surface area contributed by atoms with Gasteiger partial charge in [0.05, 0.1) is 24.7 Å². The molecule has 4 rings (SSSR count). The van der Waals surface area contributed by atoms with Crippen LogP contribution in [0.3, 0.4) is 0 Å². The zero-order valence-electron chi connectivity index (χ0n) is 14.3. The number of anilines is 1. The number of thioether (sulfide) groups is 1. The summed E-state index contributed by atoms with van der Waals surface area (Å²) in [4.78, 5) is 18.6. The van der Waals surface area contributed by atoms with Crippen molar-refractivity contribution in [1.82, 2.24) is 0 Å². The minimum absolute atomic E-state index is 0.0645. The number of ether oxygens (including phenoxy) is 2. The minimum atomic E-state index is -3.09. The van der Waals surface area contributed by atoms with Crippen LogP contribution in [-0.2, 0) is 19.4 Å². The number of fused-ring (bicyclic) bond motifs is 1. The van der Waals surface area contributed by atoms with E-state index in [1.54, 1.807) is 7.11 Å². The first-order valence-electron chi connectivity index (χ1n) is 8.51. The SMILES string of the molecule is COc1cccc(N2C(=NC(=O)[C@@H]3CCCO3)S[C@@H]3CS(=O)(=O)C[C@H]32)c1. The number of amides is 1. The number of carbonyl (C=O) groups is 1. The van der Waals surface area contributed by atoms with E-state index in [2.05, 4.69) is 4.99 Å². The first-order valence-corrected chi connectivity index (χ1v) is 11.2. The zero-order chi connectivity index (χ0) is 18.3. The van der Waals surface area contributed by atoms with Crippen LogP contribution < -0.4 is 9.64 Å². The second-order valence-corrected chi connectivity index (χ2v) is 9.97. The average molecular weight is 396 g/mol. The largest absolute Gasteiger partial charge is 0.497 e. The van der Waals surface area contributed by atoms with Gasteiger partial charge in [0.1, 0.15) is 11.9 Å². The summed E-state index contributed by atoms with van der Waals surface area (Å²) in [5.74, 6) is 0.549. The average Bonchev–Trinajstić information content (AvgIpc) is 3.29. The molecule has 0 unspecified atom stereocenters. The number of hydrogen-bond donors (Lipinski definition) is 0. The second kappa shape index (κ2) is 6.86. The highest BCUT2D eigenvalue weighted by molar-refractivity contribution is 8.16. The van der Waals surface area contributed by atoms with Crippen molar-refractivity contribution in [2.24, 2.45) is 4.99 Å². The molecule has 26 heavy (non-hydrogen) atoms. The fourth-order valence-electron chi connectivity index (χ4n) is 3.57. The van der Waals surface area contributed by atoms with Crippen molar-refractivity contribution in [2.45, 2.75) is 30.2 Å². The van der Waals surface area contributed by atoms with Crippen LogP contribution in [0.1, 0.15) is 12.8 Å². The molecular weight excluding hydrogens is 376 g/mol. The maximum Gasteiger partial charge on any atom is 0.277 e. The summed E-state index contributed by atoms with van der Waals surface area (Å²) < 4.78 is 34.9. The van der Waals surface area contributed by atoms with E-state index in [0.717, 1.165) is 12.1 Å². The quantitative estimate of drug-likeness (QED) is 0.765. The van der Waals surface area contributed by atoms with Crippen LogP contribution in [0.4, 0.5) is 5.69 Å². The third-order valence-electron chi connectivity index (χ3n) is 4.81. The molecule has 0 radical (unpaired) electrons. The van der Waals surface area contributed by atoms with Crippen molar-refractivity contribution in [3.8, 4) is 5.75 Å². The maximum absolute atomic E-state index is 12.5. The molecule has 1 aromatic carbocycles. The molecule has 3 aliphatic heterocycles. The Labute approximate surface area is 156 Å². The first kappa shape index (κ1) is 17.8. The molecule has 0 saturated carbocycles.